The van der Waals surface area contributed by atoms with Crippen molar-refractivity contribution in [3.05, 3.63) is 23.9 Å². The predicted octanol–water partition coefficient (Wildman–Crippen LogP) is 2.04. The first-order valence-corrected chi connectivity index (χ1v) is 7.28. The van der Waals surface area contributed by atoms with Gasteiger partial charge in [-0.3, -0.25) is 4.90 Å². The highest BCUT2D eigenvalue weighted by Crippen LogP contribution is 2.19. The zero-order chi connectivity index (χ0) is 13.7. The Hall–Kier alpha value is -1.13. The zero-order valence-electron chi connectivity index (χ0n) is 12.4. The standard InChI is InChI=1S/C15H26N4/c1-4-19-10-7-14(8-11-19)18(3)12-13-6-5-9-17-15(13)16-2/h5-6,9,14H,4,7-8,10-12H2,1-3H3,(H,16,17). The number of anilines is 1. The highest BCUT2D eigenvalue weighted by atomic mass is 15.2. The van der Waals surface area contributed by atoms with Crippen molar-refractivity contribution in [2.45, 2.75) is 32.4 Å². The van der Waals surface area contributed by atoms with Crippen molar-refractivity contribution in [1.82, 2.24) is 14.8 Å². The highest BCUT2D eigenvalue weighted by molar-refractivity contribution is 5.42. The Morgan fingerprint density at radius 1 is 1.42 bits per heavy atom. The molecule has 0 bridgehead atoms. The molecule has 0 radical (unpaired) electrons. The van der Waals surface area contributed by atoms with Gasteiger partial charge in [0.15, 0.2) is 0 Å². The molecule has 0 unspecified atom stereocenters. The van der Waals surface area contributed by atoms with E-state index < -0.39 is 0 Å². The lowest BCUT2D eigenvalue weighted by atomic mass is 10.0. The Balaban J connectivity index is 1.92. The SMILES string of the molecule is CCN1CCC(N(C)Cc2cccnc2NC)CC1. The van der Waals surface area contributed by atoms with Crippen molar-refractivity contribution in [3.63, 3.8) is 0 Å². The third-order valence-electron chi connectivity index (χ3n) is 4.18. The van der Waals surface area contributed by atoms with E-state index in [1.165, 1.54) is 38.0 Å². The summed E-state index contributed by atoms with van der Waals surface area (Å²) in [6.07, 6.45) is 4.40. The molecule has 0 spiro atoms. The molecule has 0 aliphatic carbocycles. The van der Waals surface area contributed by atoms with Crippen molar-refractivity contribution in [1.29, 1.82) is 0 Å². The number of nitrogens with one attached hydrogen (secondary N) is 1. The molecule has 106 valence electrons. The monoisotopic (exact) mass is 262 g/mol. The number of nitrogens with zero attached hydrogens (tertiary/aromatic N) is 3. The molecule has 0 saturated carbocycles. The quantitative estimate of drug-likeness (QED) is 0.880. The third kappa shape index (κ3) is 3.67. The van der Waals surface area contributed by atoms with Crippen LogP contribution in [0.2, 0.25) is 0 Å². The highest BCUT2D eigenvalue weighted by Gasteiger charge is 2.22. The largest absolute Gasteiger partial charge is 0.373 e. The summed E-state index contributed by atoms with van der Waals surface area (Å²) < 4.78 is 0. The third-order valence-corrected chi connectivity index (χ3v) is 4.18. The molecule has 1 fully saturated rings. The van der Waals surface area contributed by atoms with Gasteiger partial charge in [-0.15, -0.1) is 0 Å². The van der Waals surface area contributed by atoms with Crippen LogP contribution in [-0.4, -0.2) is 54.6 Å². The number of hydrogen-bond donors (Lipinski definition) is 1. The van der Waals surface area contributed by atoms with Gasteiger partial charge < -0.3 is 10.2 Å². The molecule has 1 aromatic rings. The lowest BCUT2D eigenvalue weighted by molar-refractivity contribution is 0.127. The first-order chi connectivity index (χ1) is 9.24. The van der Waals surface area contributed by atoms with Crippen molar-refractivity contribution >= 4 is 5.82 Å². The molecule has 1 aliphatic rings. The van der Waals surface area contributed by atoms with E-state index in [0.717, 1.165) is 12.4 Å². The number of piperidine rings is 1. The van der Waals surface area contributed by atoms with Crippen LogP contribution in [0.5, 0.6) is 0 Å². The molecular formula is C15H26N4. The molecule has 1 aliphatic heterocycles. The van der Waals surface area contributed by atoms with Crippen LogP contribution in [0.1, 0.15) is 25.3 Å². The molecule has 2 heterocycles. The summed E-state index contributed by atoms with van der Waals surface area (Å²) in [5.41, 5.74) is 1.28. The van der Waals surface area contributed by atoms with Crippen molar-refractivity contribution in [2.24, 2.45) is 0 Å². The summed E-state index contributed by atoms with van der Waals surface area (Å²) in [5.74, 6) is 1.00. The number of rotatable bonds is 5. The summed E-state index contributed by atoms with van der Waals surface area (Å²) in [6.45, 7) is 6.87. The zero-order valence-corrected chi connectivity index (χ0v) is 12.4. The summed E-state index contributed by atoms with van der Waals surface area (Å²) in [7, 11) is 4.17. The Morgan fingerprint density at radius 3 is 2.79 bits per heavy atom. The second-order valence-corrected chi connectivity index (χ2v) is 5.34. The molecule has 4 nitrogen and oxygen atoms in total. The topological polar surface area (TPSA) is 31.4 Å². The molecule has 0 aromatic carbocycles. The fraction of sp³-hybridized carbons (Fsp3) is 0.667. The average molecular weight is 262 g/mol. The number of pyridine rings is 1. The van der Waals surface area contributed by atoms with Crippen LogP contribution < -0.4 is 5.32 Å². The minimum atomic E-state index is 0.702. The molecule has 4 heteroatoms. The average Bonchev–Trinajstić information content (AvgIpc) is 2.48. The van der Waals surface area contributed by atoms with Crippen LogP contribution in [0.25, 0.3) is 0 Å². The van der Waals surface area contributed by atoms with Crippen molar-refractivity contribution in [3.8, 4) is 0 Å². The van der Waals surface area contributed by atoms with Gasteiger partial charge in [0, 0.05) is 31.4 Å². The van der Waals surface area contributed by atoms with Gasteiger partial charge in [-0.05, 0) is 45.6 Å². The first-order valence-electron chi connectivity index (χ1n) is 7.28. The van der Waals surface area contributed by atoms with Crippen LogP contribution >= 0.6 is 0 Å². The van der Waals surface area contributed by atoms with Crippen molar-refractivity contribution in [2.75, 3.05) is 39.0 Å². The number of likely N-dealkylation sites (tertiary alicyclic amines) is 1. The van der Waals surface area contributed by atoms with E-state index in [0.29, 0.717) is 6.04 Å². The number of aromatic nitrogens is 1. The van der Waals surface area contributed by atoms with Gasteiger partial charge in [-0.2, -0.15) is 0 Å². The van der Waals surface area contributed by atoms with Crippen molar-refractivity contribution < 1.29 is 0 Å². The smallest absolute Gasteiger partial charge is 0.130 e. The van der Waals surface area contributed by atoms with Gasteiger partial charge in [0.1, 0.15) is 5.82 Å². The molecule has 19 heavy (non-hydrogen) atoms. The van der Waals surface area contributed by atoms with Crippen LogP contribution in [0.4, 0.5) is 5.82 Å². The van der Waals surface area contributed by atoms with E-state index in [9.17, 15) is 0 Å². The molecular weight excluding hydrogens is 236 g/mol. The summed E-state index contributed by atoms with van der Waals surface area (Å²) in [4.78, 5) is 9.39. The van der Waals surface area contributed by atoms with E-state index in [-0.39, 0.29) is 0 Å². The Bertz CT molecular complexity index is 385. The van der Waals surface area contributed by atoms with Gasteiger partial charge in [0.25, 0.3) is 0 Å². The fourth-order valence-electron chi connectivity index (χ4n) is 2.87. The second kappa shape index (κ2) is 6.87. The van der Waals surface area contributed by atoms with E-state index >= 15 is 0 Å². The maximum Gasteiger partial charge on any atom is 0.130 e. The van der Waals surface area contributed by atoms with Gasteiger partial charge in [0.05, 0.1) is 0 Å². The Labute approximate surface area is 116 Å². The van der Waals surface area contributed by atoms with Crippen LogP contribution in [-0.2, 0) is 6.54 Å². The minimum absolute atomic E-state index is 0.702. The van der Waals surface area contributed by atoms with E-state index in [1.807, 2.05) is 19.3 Å². The minimum Gasteiger partial charge on any atom is -0.373 e. The summed E-state index contributed by atoms with van der Waals surface area (Å²) in [6, 6.07) is 4.88. The molecule has 1 N–H and O–H groups in total. The lowest BCUT2D eigenvalue weighted by Gasteiger charge is -2.36. The normalized spacial score (nSPS) is 17.9. The molecule has 1 aromatic heterocycles. The van der Waals surface area contributed by atoms with E-state index in [4.69, 9.17) is 0 Å². The maximum atomic E-state index is 4.37. The Kier molecular flexibility index (Phi) is 5.16. The maximum absolute atomic E-state index is 4.37. The molecule has 0 atom stereocenters. The number of hydrogen-bond acceptors (Lipinski definition) is 4. The lowest BCUT2D eigenvalue weighted by Crippen LogP contribution is -2.42. The predicted molar refractivity (Wildman–Crippen MR) is 80.4 cm³/mol. The van der Waals surface area contributed by atoms with Gasteiger partial charge in [-0.1, -0.05) is 13.0 Å². The molecule has 1 saturated heterocycles. The Morgan fingerprint density at radius 2 is 2.16 bits per heavy atom. The molecule has 2 rings (SSSR count). The fourth-order valence-corrected chi connectivity index (χ4v) is 2.87. The second-order valence-electron chi connectivity index (χ2n) is 5.34. The van der Waals surface area contributed by atoms with Gasteiger partial charge in [0.2, 0.25) is 0 Å². The summed E-state index contributed by atoms with van der Waals surface area (Å²) in [5, 5.41) is 3.17. The van der Waals surface area contributed by atoms with E-state index in [2.05, 4.69) is 40.1 Å². The van der Waals surface area contributed by atoms with E-state index in [1.54, 1.807) is 0 Å². The van der Waals surface area contributed by atoms with Gasteiger partial charge >= 0.3 is 0 Å². The first kappa shape index (κ1) is 14.3. The summed E-state index contributed by atoms with van der Waals surface area (Å²) >= 11 is 0. The van der Waals surface area contributed by atoms with Crippen LogP contribution in [0.15, 0.2) is 18.3 Å². The van der Waals surface area contributed by atoms with Crippen LogP contribution in [0, 0.1) is 0 Å². The van der Waals surface area contributed by atoms with Crippen LogP contribution in [0.3, 0.4) is 0 Å². The molecule has 0 amide bonds. The van der Waals surface area contributed by atoms with Gasteiger partial charge in [-0.25, -0.2) is 4.98 Å².